The Morgan fingerprint density at radius 2 is 2.10 bits per heavy atom. The minimum absolute atomic E-state index is 0.00594. The molecule has 3 aromatic rings. The number of anilines is 1. The second-order valence-electron chi connectivity index (χ2n) is 7.36. The Balaban J connectivity index is 1.65. The Morgan fingerprint density at radius 1 is 1.27 bits per heavy atom. The van der Waals surface area contributed by atoms with E-state index in [0.717, 1.165) is 29.7 Å². The predicted octanol–water partition coefficient (Wildman–Crippen LogP) is 4.26. The van der Waals surface area contributed by atoms with Gasteiger partial charge in [0.15, 0.2) is 10.9 Å². The van der Waals surface area contributed by atoms with Crippen LogP contribution in [0.15, 0.2) is 42.5 Å². The highest BCUT2D eigenvalue weighted by Gasteiger charge is 2.27. The summed E-state index contributed by atoms with van der Waals surface area (Å²) in [4.78, 5) is 31.6. The number of Topliss-reactive ketones (excluding diaryl/α,β-unsaturated/α-hetero) is 1. The van der Waals surface area contributed by atoms with E-state index in [2.05, 4.69) is 4.98 Å². The number of carbonyl (C=O) groups is 2. The van der Waals surface area contributed by atoms with Gasteiger partial charge in [0.1, 0.15) is 5.75 Å². The van der Waals surface area contributed by atoms with E-state index >= 15 is 0 Å². The summed E-state index contributed by atoms with van der Waals surface area (Å²) >= 11 is 1.50. The molecule has 30 heavy (non-hydrogen) atoms. The number of rotatable bonds is 7. The van der Waals surface area contributed by atoms with Crippen LogP contribution in [0.5, 0.6) is 5.75 Å². The molecule has 2 heterocycles. The number of nitrogens with zero attached hydrogens (tertiary/aromatic N) is 2. The van der Waals surface area contributed by atoms with Gasteiger partial charge < -0.3 is 9.47 Å². The lowest BCUT2D eigenvalue weighted by atomic mass is 10.0. The minimum atomic E-state index is -0.0939. The maximum Gasteiger partial charge on any atom is 0.233 e. The number of thiazole rings is 1. The van der Waals surface area contributed by atoms with E-state index in [4.69, 9.17) is 9.47 Å². The Labute approximate surface area is 179 Å². The highest BCUT2D eigenvalue weighted by Crippen LogP contribution is 2.31. The van der Waals surface area contributed by atoms with Crippen molar-refractivity contribution in [2.75, 3.05) is 25.2 Å². The number of aromatic nitrogens is 1. The van der Waals surface area contributed by atoms with Crippen molar-refractivity contribution in [2.45, 2.75) is 32.3 Å². The molecule has 1 aliphatic rings. The molecule has 1 aliphatic heterocycles. The summed E-state index contributed by atoms with van der Waals surface area (Å²) in [6.07, 6.45) is 2.05. The summed E-state index contributed by atoms with van der Waals surface area (Å²) in [5.74, 6) is 0.451. The van der Waals surface area contributed by atoms with Crippen LogP contribution in [0, 0.1) is 0 Å². The van der Waals surface area contributed by atoms with Crippen molar-refractivity contribution in [2.24, 2.45) is 0 Å². The number of fused-ring (bicyclic) bond motifs is 1. The molecule has 0 aliphatic carbocycles. The van der Waals surface area contributed by atoms with Gasteiger partial charge in [-0.1, -0.05) is 23.5 Å². The van der Waals surface area contributed by atoms with Crippen LogP contribution in [-0.2, 0) is 16.0 Å². The number of ketones is 1. The van der Waals surface area contributed by atoms with Crippen molar-refractivity contribution >= 4 is 38.4 Å². The van der Waals surface area contributed by atoms with E-state index in [0.29, 0.717) is 28.6 Å². The van der Waals surface area contributed by atoms with E-state index in [1.807, 2.05) is 24.3 Å². The first kappa shape index (κ1) is 20.5. The quantitative estimate of drug-likeness (QED) is 0.530. The molecule has 2 aromatic carbocycles. The molecule has 0 N–H and O–H groups in total. The number of carbonyl (C=O) groups excluding carboxylic acids is 2. The molecule has 4 rings (SSSR count). The molecule has 6 nitrogen and oxygen atoms in total. The van der Waals surface area contributed by atoms with Gasteiger partial charge in [0.25, 0.3) is 0 Å². The van der Waals surface area contributed by atoms with E-state index in [1.54, 1.807) is 30.2 Å². The van der Waals surface area contributed by atoms with Gasteiger partial charge in [-0.3, -0.25) is 14.5 Å². The third kappa shape index (κ3) is 4.37. The highest BCUT2D eigenvalue weighted by molar-refractivity contribution is 7.22. The topological polar surface area (TPSA) is 68.7 Å². The van der Waals surface area contributed by atoms with E-state index in [1.165, 1.54) is 18.3 Å². The maximum absolute atomic E-state index is 13.4. The molecule has 1 amide bonds. The summed E-state index contributed by atoms with van der Waals surface area (Å²) in [5.41, 5.74) is 2.12. The largest absolute Gasteiger partial charge is 0.496 e. The second-order valence-corrected chi connectivity index (χ2v) is 8.37. The van der Waals surface area contributed by atoms with Crippen LogP contribution < -0.4 is 9.64 Å². The van der Waals surface area contributed by atoms with Crippen molar-refractivity contribution in [3.05, 3.63) is 53.6 Å². The Bertz CT molecular complexity index is 1040. The lowest BCUT2D eigenvalue weighted by Gasteiger charge is -2.23. The van der Waals surface area contributed by atoms with Crippen molar-refractivity contribution < 1.29 is 19.1 Å². The average Bonchev–Trinajstić information content (AvgIpc) is 3.41. The van der Waals surface area contributed by atoms with E-state index < -0.39 is 0 Å². The molecule has 0 saturated carbocycles. The number of hydrogen-bond acceptors (Lipinski definition) is 6. The first-order valence-corrected chi connectivity index (χ1v) is 10.8. The normalized spacial score (nSPS) is 16.0. The fourth-order valence-corrected chi connectivity index (χ4v) is 4.64. The molecule has 156 valence electrons. The minimum Gasteiger partial charge on any atom is -0.496 e. The number of amides is 1. The van der Waals surface area contributed by atoms with Crippen LogP contribution in [0.2, 0.25) is 0 Å². The zero-order valence-corrected chi connectivity index (χ0v) is 17.9. The summed E-state index contributed by atoms with van der Waals surface area (Å²) in [5, 5.41) is 0.665. The van der Waals surface area contributed by atoms with Gasteiger partial charge in [-0.15, -0.1) is 0 Å². The number of ether oxygens (including phenoxy) is 2. The van der Waals surface area contributed by atoms with Crippen molar-refractivity contribution in [1.29, 1.82) is 0 Å². The number of para-hydroxylation sites is 1. The van der Waals surface area contributed by atoms with E-state index in [9.17, 15) is 9.59 Å². The number of methoxy groups -OCH3 is 1. The summed E-state index contributed by atoms with van der Waals surface area (Å²) < 4.78 is 12.3. The first-order chi connectivity index (χ1) is 14.5. The fraction of sp³-hybridized carbons (Fsp3) is 0.348. The molecular weight excluding hydrogens is 400 g/mol. The van der Waals surface area contributed by atoms with Gasteiger partial charge in [-0.25, -0.2) is 4.98 Å². The fourth-order valence-electron chi connectivity index (χ4n) is 3.65. The molecule has 1 aromatic heterocycles. The maximum atomic E-state index is 13.4. The lowest BCUT2D eigenvalue weighted by Crippen LogP contribution is -2.38. The Kier molecular flexibility index (Phi) is 6.11. The van der Waals surface area contributed by atoms with E-state index in [-0.39, 0.29) is 24.2 Å². The van der Waals surface area contributed by atoms with Gasteiger partial charge in [-0.2, -0.15) is 0 Å². The molecule has 0 radical (unpaired) electrons. The summed E-state index contributed by atoms with van der Waals surface area (Å²) in [7, 11) is 1.56. The summed E-state index contributed by atoms with van der Waals surface area (Å²) in [6, 6.07) is 13.1. The molecule has 1 fully saturated rings. The van der Waals surface area contributed by atoms with Gasteiger partial charge in [0.2, 0.25) is 5.91 Å². The van der Waals surface area contributed by atoms with Gasteiger partial charge in [-0.05, 0) is 50.1 Å². The Morgan fingerprint density at radius 3 is 2.80 bits per heavy atom. The number of hydrogen-bond donors (Lipinski definition) is 0. The van der Waals surface area contributed by atoms with Crippen LogP contribution in [0.4, 0.5) is 5.13 Å². The van der Waals surface area contributed by atoms with Gasteiger partial charge in [0.05, 0.1) is 36.4 Å². The molecule has 7 heteroatoms. The average molecular weight is 425 g/mol. The second kappa shape index (κ2) is 8.93. The zero-order valence-electron chi connectivity index (χ0n) is 17.1. The lowest BCUT2D eigenvalue weighted by molar-refractivity contribution is -0.118. The van der Waals surface area contributed by atoms with Crippen LogP contribution in [0.25, 0.3) is 10.2 Å². The van der Waals surface area contributed by atoms with Crippen molar-refractivity contribution in [1.82, 2.24) is 4.98 Å². The number of benzene rings is 2. The summed E-state index contributed by atoms with van der Waals surface area (Å²) in [6.45, 7) is 2.70. The van der Waals surface area contributed by atoms with Crippen LogP contribution in [0.1, 0.15) is 35.7 Å². The highest BCUT2D eigenvalue weighted by atomic mass is 32.1. The van der Waals surface area contributed by atoms with Gasteiger partial charge >= 0.3 is 0 Å². The van der Waals surface area contributed by atoms with Gasteiger partial charge in [0, 0.05) is 17.7 Å². The molecule has 0 bridgehead atoms. The predicted molar refractivity (Wildman–Crippen MR) is 118 cm³/mol. The smallest absolute Gasteiger partial charge is 0.233 e. The zero-order chi connectivity index (χ0) is 21.1. The van der Waals surface area contributed by atoms with Crippen LogP contribution in [-0.4, -0.2) is 43.0 Å². The molecule has 1 atom stereocenters. The van der Waals surface area contributed by atoms with Crippen molar-refractivity contribution in [3.8, 4) is 5.75 Å². The SMILES string of the molecule is COc1ccc(C(C)=O)cc1CC(=O)N(CC1CCCO1)c1nc2ccccc2s1. The third-order valence-electron chi connectivity index (χ3n) is 5.25. The monoisotopic (exact) mass is 424 g/mol. The molecule has 1 unspecified atom stereocenters. The van der Waals surface area contributed by atoms with Crippen LogP contribution >= 0.6 is 11.3 Å². The van der Waals surface area contributed by atoms with Crippen molar-refractivity contribution in [3.63, 3.8) is 0 Å². The standard InChI is InChI=1S/C23H24N2O4S/c1-15(26)16-9-10-20(28-2)17(12-16)13-22(27)25(14-18-6-5-11-29-18)23-24-19-7-3-4-8-21(19)30-23/h3-4,7-10,12,18H,5-6,11,13-14H2,1-2H3. The Hall–Kier alpha value is -2.77. The third-order valence-corrected chi connectivity index (χ3v) is 6.31. The molecule has 0 spiro atoms. The van der Waals surface area contributed by atoms with Crippen LogP contribution in [0.3, 0.4) is 0 Å². The molecular formula is C23H24N2O4S. The molecule has 1 saturated heterocycles. The first-order valence-electron chi connectivity index (χ1n) is 10.0.